The van der Waals surface area contributed by atoms with E-state index in [-0.39, 0.29) is 12.5 Å². The van der Waals surface area contributed by atoms with Crippen LogP contribution in [0.4, 0.5) is 0 Å². The second kappa shape index (κ2) is 8.18. The number of rotatable bonds is 7. The maximum absolute atomic E-state index is 11.4. The Bertz CT molecular complexity index is 494. The Morgan fingerprint density at radius 2 is 2.15 bits per heavy atom. The fourth-order valence-electron chi connectivity index (χ4n) is 1.98. The fraction of sp³-hybridized carbons (Fsp3) is 0.467. The molecule has 0 fully saturated rings. The highest BCUT2D eigenvalue weighted by Gasteiger charge is 2.12. The summed E-state index contributed by atoms with van der Waals surface area (Å²) in [5, 5.41) is 9.08. The predicted octanol–water partition coefficient (Wildman–Crippen LogP) is 1.95. The lowest BCUT2D eigenvalue weighted by Crippen LogP contribution is -2.30. The zero-order valence-electron chi connectivity index (χ0n) is 12.2. The Morgan fingerprint density at radius 1 is 1.40 bits per heavy atom. The molecule has 0 heterocycles. The quantitative estimate of drug-likeness (QED) is 0.712. The van der Waals surface area contributed by atoms with Crippen LogP contribution in [0.25, 0.3) is 0 Å². The van der Waals surface area contributed by atoms with Crippen molar-refractivity contribution in [3.8, 4) is 11.8 Å². The van der Waals surface area contributed by atoms with Gasteiger partial charge in [0.2, 0.25) is 0 Å². The highest BCUT2D eigenvalue weighted by atomic mass is 16.5. The van der Waals surface area contributed by atoms with Crippen LogP contribution in [0.5, 0.6) is 5.75 Å². The average Bonchev–Trinajstić information content (AvgIpc) is 2.47. The minimum atomic E-state index is -0.257. The lowest BCUT2D eigenvalue weighted by Gasteiger charge is -2.20. The molecule has 1 aromatic carbocycles. The SMILES string of the molecule is CCCN(CC(=O)OC)Cc1ccc(OC)c(C#N)c1. The maximum Gasteiger partial charge on any atom is 0.319 e. The molecule has 0 atom stereocenters. The molecule has 0 saturated carbocycles. The van der Waals surface area contributed by atoms with Crippen LogP contribution in [-0.4, -0.2) is 38.2 Å². The summed E-state index contributed by atoms with van der Waals surface area (Å²) in [6, 6.07) is 7.58. The molecule has 0 aliphatic heterocycles. The van der Waals surface area contributed by atoms with Crippen molar-refractivity contribution < 1.29 is 14.3 Å². The molecule has 0 aliphatic rings. The van der Waals surface area contributed by atoms with Gasteiger partial charge in [-0.25, -0.2) is 0 Å². The van der Waals surface area contributed by atoms with Crippen LogP contribution in [0, 0.1) is 11.3 Å². The van der Waals surface area contributed by atoms with E-state index < -0.39 is 0 Å². The number of hydrogen-bond donors (Lipinski definition) is 0. The smallest absolute Gasteiger partial charge is 0.319 e. The van der Waals surface area contributed by atoms with E-state index in [1.165, 1.54) is 14.2 Å². The monoisotopic (exact) mass is 276 g/mol. The van der Waals surface area contributed by atoms with E-state index in [9.17, 15) is 4.79 Å². The Kier molecular flexibility index (Phi) is 6.54. The molecule has 108 valence electrons. The van der Waals surface area contributed by atoms with Gasteiger partial charge in [0.1, 0.15) is 11.8 Å². The zero-order chi connectivity index (χ0) is 15.0. The molecule has 0 spiro atoms. The van der Waals surface area contributed by atoms with Gasteiger partial charge in [-0.05, 0) is 30.7 Å². The lowest BCUT2D eigenvalue weighted by atomic mass is 10.1. The number of methoxy groups -OCH3 is 2. The molecule has 1 aromatic rings. The summed E-state index contributed by atoms with van der Waals surface area (Å²) in [4.78, 5) is 13.4. The van der Waals surface area contributed by atoms with E-state index in [4.69, 9.17) is 14.7 Å². The first-order chi connectivity index (χ1) is 9.64. The molecule has 0 aromatic heterocycles. The summed E-state index contributed by atoms with van der Waals surface area (Å²) in [7, 11) is 2.92. The summed E-state index contributed by atoms with van der Waals surface area (Å²) >= 11 is 0. The van der Waals surface area contributed by atoms with Crippen LogP contribution in [0.15, 0.2) is 18.2 Å². The van der Waals surface area contributed by atoms with E-state index >= 15 is 0 Å². The number of hydrogen-bond acceptors (Lipinski definition) is 5. The van der Waals surface area contributed by atoms with Gasteiger partial charge in [-0.15, -0.1) is 0 Å². The second-order valence-electron chi connectivity index (χ2n) is 4.43. The van der Waals surface area contributed by atoms with E-state index in [0.29, 0.717) is 17.9 Å². The normalized spacial score (nSPS) is 10.2. The van der Waals surface area contributed by atoms with Gasteiger partial charge in [0.05, 0.1) is 26.3 Å². The molecule has 5 nitrogen and oxygen atoms in total. The van der Waals surface area contributed by atoms with Crippen LogP contribution in [0.2, 0.25) is 0 Å². The molecule has 0 amide bonds. The fourth-order valence-corrected chi connectivity index (χ4v) is 1.98. The average molecular weight is 276 g/mol. The Labute approximate surface area is 119 Å². The van der Waals surface area contributed by atoms with Crippen LogP contribution >= 0.6 is 0 Å². The Morgan fingerprint density at radius 3 is 2.70 bits per heavy atom. The van der Waals surface area contributed by atoms with E-state index in [1.54, 1.807) is 12.1 Å². The molecule has 0 radical (unpaired) electrons. The number of nitrogens with zero attached hydrogens (tertiary/aromatic N) is 2. The van der Waals surface area contributed by atoms with Gasteiger partial charge in [-0.1, -0.05) is 13.0 Å². The molecule has 1 rings (SSSR count). The highest BCUT2D eigenvalue weighted by Crippen LogP contribution is 2.19. The lowest BCUT2D eigenvalue weighted by molar-refractivity contribution is -0.142. The maximum atomic E-state index is 11.4. The Hall–Kier alpha value is -2.06. The van der Waals surface area contributed by atoms with Crippen LogP contribution in [0.3, 0.4) is 0 Å². The number of esters is 1. The topological polar surface area (TPSA) is 62.6 Å². The first kappa shape index (κ1) is 16.0. The standard InChI is InChI=1S/C15H20N2O3/c1-4-7-17(11-15(18)20-3)10-12-5-6-14(19-2)13(8-12)9-16/h5-6,8H,4,7,10-11H2,1-3H3. The Balaban J connectivity index is 2.83. The molecular weight excluding hydrogens is 256 g/mol. The summed E-state index contributed by atoms with van der Waals surface area (Å²) in [5.74, 6) is 0.304. The number of benzene rings is 1. The van der Waals surface area contributed by atoms with Crippen LogP contribution < -0.4 is 4.74 Å². The molecule has 0 saturated heterocycles. The molecule has 0 bridgehead atoms. The summed E-state index contributed by atoms with van der Waals surface area (Å²) in [5.41, 5.74) is 1.47. The summed E-state index contributed by atoms with van der Waals surface area (Å²) in [6.07, 6.45) is 0.943. The van der Waals surface area contributed by atoms with Gasteiger partial charge < -0.3 is 9.47 Å². The molecule has 20 heavy (non-hydrogen) atoms. The summed E-state index contributed by atoms with van der Waals surface area (Å²) < 4.78 is 9.81. The number of nitriles is 1. The molecule has 0 N–H and O–H groups in total. The van der Waals surface area contributed by atoms with Gasteiger partial charge in [0.15, 0.2) is 0 Å². The van der Waals surface area contributed by atoms with E-state index in [1.807, 2.05) is 11.0 Å². The molecule has 0 unspecified atom stereocenters. The third kappa shape index (κ3) is 4.56. The highest BCUT2D eigenvalue weighted by molar-refractivity contribution is 5.71. The van der Waals surface area contributed by atoms with Crippen molar-refractivity contribution in [2.45, 2.75) is 19.9 Å². The van der Waals surface area contributed by atoms with Gasteiger partial charge in [-0.3, -0.25) is 9.69 Å². The minimum absolute atomic E-state index is 0.248. The number of ether oxygens (including phenoxy) is 2. The van der Waals surface area contributed by atoms with Gasteiger partial charge in [-0.2, -0.15) is 5.26 Å². The summed E-state index contributed by atoms with van der Waals surface area (Å²) in [6.45, 7) is 3.70. The third-order valence-corrected chi connectivity index (χ3v) is 2.91. The third-order valence-electron chi connectivity index (χ3n) is 2.91. The van der Waals surface area contributed by atoms with Crippen molar-refractivity contribution in [1.29, 1.82) is 5.26 Å². The van der Waals surface area contributed by atoms with E-state index in [0.717, 1.165) is 18.5 Å². The first-order valence-corrected chi connectivity index (χ1v) is 6.50. The number of carbonyl (C=O) groups excluding carboxylic acids is 1. The van der Waals surface area contributed by atoms with Crippen LogP contribution in [0.1, 0.15) is 24.5 Å². The minimum Gasteiger partial charge on any atom is -0.495 e. The van der Waals surface area contributed by atoms with E-state index in [2.05, 4.69) is 13.0 Å². The number of carbonyl (C=O) groups is 1. The van der Waals surface area contributed by atoms with Crippen molar-refractivity contribution >= 4 is 5.97 Å². The van der Waals surface area contributed by atoms with Crippen LogP contribution in [-0.2, 0) is 16.1 Å². The largest absolute Gasteiger partial charge is 0.495 e. The van der Waals surface area contributed by atoms with Crippen molar-refractivity contribution in [2.24, 2.45) is 0 Å². The first-order valence-electron chi connectivity index (χ1n) is 6.50. The zero-order valence-corrected chi connectivity index (χ0v) is 12.2. The van der Waals surface area contributed by atoms with Crippen molar-refractivity contribution in [1.82, 2.24) is 4.90 Å². The van der Waals surface area contributed by atoms with Gasteiger partial charge in [0.25, 0.3) is 0 Å². The second-order valence-corrected chi connectivity index (χ2v) is 4.43. The van der Waals surface area contributed by atoms with Crippen molar-refractivity contribution in [2.75, 3.05) is 27.3 Å². The molecular formula is C15H20N2O3. The molecule has 5 heteroatoms. The van der Waals surface area contributed by atoms with Crippen molar-refractivity contribution in [3.63, 3.8) is 0 Å². The predicted molar refractivity (Wildman–Crippen MR) is 75.3 cm³/mol. The molecule has 0 aliphatic carbocycles. The van der Waals surface area contributed by atoms with Gasteiger partial charge in [0, 0.05) is 6.54 Å². The van der Waals surface area contributed by atoms with Crippen molar-refractivity contribution in [3.05, 3.63) is 29.3 Å². The van der Waals surface area contributed by atoms with Gasteiger partial charge >= 0.3 is 5.97 Å².